The van der Waals surface area contributed by atoms with Crippen LogP contribution in [0.2, 0.25) is 0 Å². The van der Waals surface area contributed by atoms with Crippen molar-refractivity contribution < 1.29 is 33.4 Å². The second-order valence-corrected chi connectivity index (χ2v) is 4.63. The van der Waals surface area contributed by atoms with E-state index in [4.69, 9.17) is 0 Å². The number of carbonyl (C=O) groups excluding carboxylic acids is 4. The highest BCUT2D eigenvalue weighted by Gasteiger charge is 2.38. The van der Waals surface area contributed by atoms with Crippen molar-refractivity contribution in [3.63, 3.8) is 0 Å². The molecule has 0 unspecified atom stereocenters. The number of nitrogens with zero attached hydrogens (tertiary/aromatic N) is 1. The average molecular weight is 338 g/mol. The minimum Gasteiger partial charge on any atom is -0.469 e. The van der Waals surface area contributed by atoms with Crippen molar-refractivity contribution in [2.75, 3.05) is 21.3 Å². The van der Waals surface area contributed by atoms with Gasteiger partial charge in [0.1, 0.15) is 6.04 Å². The van der Waals surface area contributed by atoms with E-state index in [1.807, 2.05) is 0 Å². The molecule has 0 aliphatic rings. The maximum absolute atomic E-state index is 12.2. The summed E-state index contributed by atoms with van der Waals surface area (Å²) < 4.78 is 13.7. The highest BCUT2D eigenvalue weighted by Crippen LogP contribution is 2.15. The van der Waals surface area contributed by atoms with Gasteiger partial charge in [0.15, 0.2) is 0 Å². The third-order valence-electron chi connectivity index (χ3n) is 3.19. The van der Waals surface area contributed by atoms with Crippen LogP contribution in [0.1, 0.15) is 16.8 Å². The SMILES string of the molecule is COC(=O)C[C@@H](C(=O)OC)[C@H](NC(=O)c1cccnc1)C(=O)OC. The lowest BCUT2D eigenvalue weighted by atomic mass is 9.95. The fraction of sp³-hybridized carbons (Fsp3) is 0.400. The summed E-state index contributed by atoms with van der Waals surface area (Å²) in [6, 6.07) is 1.59. The van der Waals surface area contributed by atoms with Gasteiger partial charge in [-0.2, -0.15) is 0 Å². The zero-order valence-corrected chi connectivity index (χ0v) is 13.5. The highest BCUT2D eigenvalue weighted by atomic mass is 16.5. The summed E-state index contributed by atoms with van der Waals surface area (Å²) in [5, 5.41) is 2.37. The van der Waals surface area contributed by atoms with E-state index in [9.17, 15) is 19.2 Å². The summed E-state index contributed by atoms with van der Waals surface area (Å²) in [5.74, 6) is -4.45. The molecule has 1 aromatic rings. The van der Waals surface area contributed by atoms with Crippen molar-refractivity contribution in [2.24, 2.45) is 5.92 Å². The number of rotatable bonds is 7. The van der Waals surface area contributed by atoms with Gasteiger partial charge >= 0.3 is 17.9 Å². The molecule has 9 heteroatoms. The van der Waals surface area contributed by atoms with Gasteiger partial charge in [-0.05, 0) is 12.1 Å². The van der Waals surface area contributed by atoms with Crippen LogP contribution in [0.25, 0.3) is 0 Å². The molecule has 1 heterocycles. The Morgan fingerprint density at radius 1 is 1.08 bits per heavy atom. The van der Waals surface area contributed by atoms with E-state index in [1.165, 1.54) is 24.5 Å². The number of amides is 1. The standard InChI is InChI=1S/C15H18N2O7/c1-22-11(18)7-10(14(20)23-2)12(15(21)24-3)17-13(19)9-5-4-6-16-8-9/h4-6,8,10,12H,7H2,1-3H3,(H,17,19)/t10-,12+/m1/s1. The quantitative estimate of drug-likeness (QED) is 0.531. The lowest BCUT2D eigenvalue weighted by Gasteiger charge is -2.23. The molecule has 2 atom stereocenters. The number of methoxy groups -OCH3 is 3. The first-order valence-corrected chi connectivity index (χ1v) is 6.88. The Labute approximate surface area is 138 Å². The number of ether oxygens (including phenoxy) is 3. The second kappa shape index (κ2) is 9.23. The van der Waals surface area contributed by atoms with Crippen LogP contribution < -0.4 is 5.32 Å². The van der Waals surface area contributed by atoms with Gasteiger partial charge in [-0.3, -0.25) is 19.4 Å². The molecule has 0 spiro atoms. The van der Waals surface area contributed by atoms with E-state index in [1.54, 1.807) is 0 Å². The first kappa shape index (κ1) is 19.1. The molecule has 1 aromatic heterocycles. The number of aromatic nitrogens is 1. The van der Waals surface area contributed by atoms with Crippen LogP contribution in [-0.2, 0) is 28.6 Å². The highest BCUT2D eigenvalue weighted by molar-refractivity contribution is 5.98. The first-order valence-electron chi connectivity index (χ1n) is 6.88. The van der Waals surface area contributed by atoms with Gasteiger partial charge in [0.2, 0.25) is 0 Å². The van der Waals surface area contributed by atoms with Gasteiger partial charge in [0.05, 0.1) is 39.2 Å². The van der Waals surface area contributed by atoms with E-state index in [0.717, 1.165) is 21.3 Å². The average Bonchev–Trinajstić information content (AvgIpc) is 2.63. The molecule has 0 aliphatic carbocycles. The van der Waals surface area contributed by atoms with E-state index < -0.39 is 42.2 Å². The molecular weight excluding hydrogens is 320 g/mol. The van der Waals surface area contributed by atoms with Gasteiger partial charge in [0, 0.05) is 12.4 Å². The number of nitrogens with one attached hydrogen (secondary N) is 1. The summed E-state index contributed by atoms with van der Waals surface area (Å²) >= 11 is 0. The zero-order valence-electron chi connectivity index (χ0n) is 13.5. The van der Waals surface area contributed by atoms with Crippen LogP contribution in [0.4, 0.5) is 0 Å². The molecule has 9 nitrogen and oxygen atoms in total. The number of esters is 3. The van der Waals surface area contributed by atoms with Crippen molar-refractivity contribution in [1.29, 1.82) is 0 Å². The second-order valence-electron chi connectivity index (χ2n) is 4.63. The smallest absolute Gasteiger partial charge is 0.329 e. The summed E-state index contributed by atoms with van der Waals surface area (Å²) in [4.78, 5) is 51.5. The molecular formula is C15H18N2O7. The van der Waals surface area contributed by atoms with Gasteiger partial charge in [-0.15, -0.1) is 0 Å². The third kappa shape index (κ3) is 5.04. The number of hydrogen-bond acceptors (Lipinski definition) is 8. The minimum atomic E-state index is -1.42. The van der Waals surface area contributed by atoms with Gasteiger partial charge in [-0.1, -0.05) is 0 Å². The normalized spacial score (nSPS) is 12.5. The maximum atomic E-state index is 12.2. The molecule has 1 rings (SSSR count). The Hall–Kier alpha value is -2.97. The fourth-order valence-electron chi connectivity index (χ4n) is 1.92. The van der Waals surface area contributed by atoms with Gasteiger partial charge in [-0.25, -0.2) is 4.79 Å². The molecule has 0 aliphatic heterocycles. The Morgan fingerprint density at radius 2 is 1.75 bits per heavy atom. The fourth-order valence-corrected chi connectivity index (χ4v) is 1.92. The van der Waals surface area contributed by atoms with Crippen molar-refractivity contribution in [3.05, 3.63) is 30.1 Å². The van der Waals surface area contributed by atoms with Gasteiger partial charge < -0.3 is 19.5 Å². The molecule has 0 fully saturated rings. The summed E-state index contributed by atoms with van der Waals surface area (Å²) in [5.41, 5.74) is 0.174. The molecule has 0 saturated heterocycles. The molecule has 0 radical (unpaired) electrons. The lowest BCUT2D eigenvalue weighted by molar-refractivity contribution is -0.158. The Morgan fingerprint density at radius 3 is 2.25 bits per heavy atom. The van der Waals surface area contributed by atoms with Crippen LogP contribution in [0, 0.1) is 5.92 Å². The topological polar surface area (TPSA) is 121 Å². The third-order valence-corrected chi connectivity index (χ3v) is 3.19. The maximum Gasteiger partial charge on any atom is 0.329 e. The zero-order chi connectivity index (χ0) is 18.1. The molecule has 0 bridgehead atoms. The van der Waals surface area contributed by atoms with E-state index in [2.05, 4.69) is 24.5 Å². The Bertz CT molecular complexity index is 603. The molecule has 24 heavy (non-hydrogen) atoms. The predicted octanol–water partition coefficient (Wildman–Crippen LogP) is -0.295. The number of hydrogen-bond donors (Lipinski definition) is 1. The van der Waals surface area contributed by atoms with E-state index >= 15 is 0 Å². The molecule has 1 N–H and O–H groups in total. The van der Waals surface area contributed by atoms with E-state index in [-0.39, 0.29) is 5.56 Å². The largest absolute Gasteiger partial charge is 0.469 e. The number of pyridine rings is 1. The van der Waals surface area contributed by atoms with Crippen molar-refractivity contribution in [2.45, 2.75) is 12.5 Å². The summed E-state index contributed by atoms with van der Waals surface area (Å²) in [6.07, 6.45) is 2.30. The van der Waals surface area contributed by atoms with Crippen LogP contribution in [0.5, 0.6) is 0 Å². The Balaban J connectivity index is 3.07. The van der Waals surface area contributed by atoms with E-state index in [0.29, 0.717) is 0 Å². The Kier molecular flexibility index (Phi) is 7.34. The van der Waals surface area contributed by atoms with Crippen molar-refractivity contribution in [3.8, 4) is 0 Å². The summed E-state index contributed by atoms with van der Waals surface area (Å²) in [6.45, 7) is 0. The molecule has 130 valence electrons. The lowest BCUT2D eigenvalue weighted by Crippen LogP contribution is -2.50. The predicted molar refractivity (Wildman–Crippen MR) is 79.6 cm³/mol. The van der Waals surface area contributed by atoms with Crippen molar-refractivity contribution >= 4 is 23.8 Å². The van der Waals surface area contributed by atoms with Crippen LogP contribution in [0.3, 0.4) is 0 Å². The van der Waals surface area contributed by atoms with Gasteiger partial charge in [0.25, 0.3) is 5.91 Å². The van der Waals surface area contributed by atoms with Crippen LogP contribution >= 0.6 is 0 Å². The first-order chi connectivity index (χ1) is 11.4. The summed E-state index contributed by atoms with van der Waals surface area (Å²) in [7, 11) is 3.33. The van der Waals surface area contributed by atoms with Crippen LogP contribution in [0.15, 0.2) is 24.5 Å². The number of carbonyl (C=O) groups is 4. The molecule has 1 amide bonds. The van der Waals surface area contributed by atoms with Crippen LogP contribution in [-0.4, -0.2) is 56.2 Å². The minimum absolute atomic E-state index is 0.174. The molecule has 0 saturated carbocycles. The molecule has 0 aromatic carbocycles. The monoisotopic (exact) mass is 338 g/mol. The van der Waals surface area contributed by atoms with Crippen molar-refractivity contribution in [1.82, 2.24) is 10.3 Å².